The predicted octanol–water partition coefficient (Wildman–Crippen LogP) is 5.42. The summed E-state index contributed by atoms with van der Waals surface area (Å²) in [5, 5.41) is 9.61. The summed E-state index contributed by atoms with van der Waals surface area (Å²) in [6.45, 7) is 4.09. The number of hydrogen-bond acceptors (Lipinski definition) is 4. The van der Waals surface area contributed by atoms with Crippen LogP contribution in [0.4, 0.5) is 5.69 Å². The van der Waals surface area contributed by atoms with Gasteiger partial charge in [0.2, 0.25) is 0 Å². The van der Waals surface area contributed by atoms with E-state index in [0.29, 0.717) is 17.2 Å². The Morgan fingerprint density at radius 1 is 0.970 bits per heavy atom. The molecule has 6 heteroatoms. The lowest BCUT2D eigenvalue weighted by Gasteiger charge is -2.31. The second kappa shape index (κ2) is 8.82. The van der Waals surface area contributed by atoms with Gasteiger partial charge >= 0.3 is 5.97 Å². The van der Waals surface area contributed by atoms with Crippen LogP contribution in [0.5, 0.6) is 11.5 Å². The first-order valence-corrected chi connectivity index (χ1v) is 10.6. The SMILES string of the molecule is COc1c(CN(C(=O)c2ccccc2C(=O)O)c2ccccc2)ccc2c1OC(C)(C)C=C2. The van der Waals surface area contributed by atoms with E-state index in [9.17, 15) is 14.7 Å². The third-order valence-electron chi connectivity index (χ3n) is 5.49. The van der Waals surface area contributed by atoms with Crippen molar-refractivity contribution in [1.82, 2.24) is 0 Å². The van der Waals surface area contributed by atoms with Gasteiger partial charge in [0.05, 0.1) is 24.8 Å². The summed E-state index contributed by atoms with van der Waals surface area (Å²) in [6.07, 6.45) is 3.98. The van der Waals surface area contributed by atoms with Crippen LogP contribution in [0.2, 0.25) is 0 Å². The number of benzene rings is 3. The van der Waals surface area contributed by atoms with E-state index in [1.54, 1.807) is 24.1 Å². The van der Waals surface area contributed by atoms with Crippen molar-refractivity contribution in [1.29, 1.82) is 0 Å². The Morgan fingerprint density at radius 2 is 1.64 bits per heavy atom. The minimum Gasteiger partial charge on any atom is -0.492 e. The van der Waals surface area contributed by atoms with E-state index in [1.807, 2.05) is 68.5 Å². The minimum absolute atomic E-state index is 0.0453. The molecular weight excluding hydrogens is 418 g/mol. The number of amides is 1. The van der Waals surface area contributed by atoms with Crippen LogP contribution in [0.15, 0.2) is 72.8 Å². The maximum absolute atomic E-state index is 13.6. The molecule has 0 fully saturated rings. The quantitative estimate of drug-likeness (QED) is 0.550. The van der Waals surface area contributed by atoms with Crippen LogP contribution in [-0.4, -0.2) is 29.7 Å². The first-order chi connectivity index (χ1) is 15.8. The fraction of sp³-hybridized carbons (Fsp3) is 0.185. The van der Waals surface area contributed by atoms with Crippen molar-refractivity contribution in [2.45, 2.75) is 26.0 Å². The molecule has 1 aliphatic rings. The van der Waals surface area contributed by atoms with Crippen LogP contribution in [0, 0.1) is 0 Å². The van der Waals surface area contributed by atoms with Crippen molar-refractivity contribution >= 4 is 23.6 Å². The lowest BCUT2D eigenvalue weighted by Crippen LogP contribution is -2.32. The highest BCUT2D eigenvalue weighted by Crippen LogP contribution is 2.42. The number of carbonyl (C=O) groups excluding carboxylic acids is 1. The fourth-order valence-electron chi connectivity index (χ4n) is 3.85. The molecule has 1 aliphatic heterocycles. The highest BCUT2D eigenvalue weighted by Gasteiger charge is 2.28. The molecule has 0 aliphatic carbocycles. The Labute approximate surface area is 192 Å². The number of anilines is 1. The largest absolute Gasteiger partial charge is 0.492 e. The number of carboxylic acids is 1. The molecule has 3 aromatic rings. The number of carbonyl (C=O) groups is 2. The summed E-state index contributed by atoms with van der Waals surface area (Å²) in [4.78, 5) is 26.9. The molecule has 1 N–H and O–H groups in total. The molecule has 0 saturated carbocycles. The van der Waals surface area contributed by atoms with E-state index in [-0.39, 0.29) is 17.7 Å². The fourth-order valence-corrected chi connectivity index (χ4v) is 3.85. The predicted molar refractivity (Wildman–Crippen MR) is 127 cm³/mol. The summed E-state index contributed by atoms with van der Waals surface area (Å²) in [5.41, 5.74) is 1.86. The van der Waals surface area contributed by atoms with E-state index in [2.05, 4.69) is 0 Å². The number of fused-ring (bicyclic) bond motifs is 1. The van der Waals surface area contributed by atoms with Gasteiger partial charge in [0.15, 0.2) is 11.5 Å². The number of para-hydroxylation sites is 1. The Bertz CT molecular complexity index is 1230. The van der Waals surface area contributed by atoms with Gasteiger partial charge in [0.25, 0.3) is 5.91 Å². The zero-order chi connectivity index (χ0) is 23.6. The van der Waals surface area contributed by atoms with Gasteiger partial charge in [-0.25, -0.2) is 4.79 Å². The molecule has 0 spiro atoms. The van der Waals surface area contributed by atoms with Crippen molar-refractivity contribution in [2.75, 3.05) is 12.0 Å². The van der Waals surface area contributed by atoms with Crippen LogP contribution in [0.3, 0.4) is 0 Å². The van der Waals surface area contributed by atoms with Gasteiger partial charge in [-0.1, -0.05) is 48.5 Å². The van der Waals surface area contributed by atoms with Gasteiger partial charge < -0.3 is 19.5 Å². The number of ether oxygens (including phenoxy) is 2. The molecule has 6 nitrogen and oxygen atoms in total. The minimum atomic E-state index is -1.15. The second-order valence-electron chi connectivity index (χ2n) is 8.29. The maximum Gasteiger partial charge on any atom is 0.336 e. The van der Waals surface area contributed by atoms with Crippen molar-refractivity contribution in [3.8, 4) is 11.5 Å². The van der Waals surface area contributed by atoms with Crippen LogP contribution in [-0.2, 0) is 6.54 Å². The molecule has 0 radical (unpaired) electrons. The summed E-state index contributed by atoms with van der Waals surface area (Å²) in [6, 6.07) is 19.2. The van der Waals surface area contributed by atoms with Crippen molar-refractivity contribution in [2.24, 2.45) is 0 Å². The highest BCUT2D eigenvalue weighted by molar-refractivity contribution is 6.11. The molecule has 33 heavy (non-hydrogen) atoms. The Hall–Kier alpha value is -4.06. The summed E-state index contributed by atoms with van der Waals surface area (Å²) >= 11 is 0. The molecule has 0 unspecified atom stereocenters. The number of methoxy groups -OCH3 is 1. The van der Waals surface area contributed by atoms with Gasteiger partial charge in [-0.3, -0.25) is 4.79 Å². The lowest BCUT2D eigenvalue weighted by molar-refractivity contribution is 0.0692. The molecular formula is C27H25NO5. The van der Waals surface area contributed by atoms with E-state index in [1.165, 1.54) is 12.1 Å². The zero-order valence-corrected chi connectivity index (χ0v) is 18.7. The topological polar surface area (TPSA) is 76.1 Å². The van der Waals surface area contributed by atoms with Gasteiger partial charge in [-0.05, 0) is 44.2 Å². The average Bonchev–Trinajstić information content (AvgIpc) is 2.81. The number of hydrogen-bond donors (Lipinski definition) is 1. The third-order valence-corrected chi connectivity index (χ3v) is 5.49. The van der Waals surface area contributed by atoms with Crippen molar-refractivity contribution < 1.29 is 24.2 Å². The molecule has 1 amide bonds. The van der Waals surface area contributed by atoms with Crippen LogP contribution in [0.25, 0.3) is 6.08 Å². The average molecular weight is 443 g/mol. The molecule has 1 heterocycles. The first-order valence-electron chi connectivity index (χ1n) is 10.6. The lowest BCUT2D eigenvalue weighted by atomic mass is 9.99. The number of carboxylic acid groups (broad SMARTS) is 1. The molecule has 0 bridgehead atoms. The number of nitrogens with zero attached hydrogens (tertiary/aromatic N) is 1. The summed E-state index contributed by atoms with van der Waals surface area (Å²) in [5.74, 6) is -0.403. The summed E-state index contributed by atoms with van der Waals surface area (Å²) < 4.78 is 11.9. The monoisotopic (exact) mass is 443 g/mol. The highest BCUT2D eigenvalue weighted by atomic mass is 16.5. The van der Waals surface area contributed by atoms with E-state index < -0.39 is 17.5 Å². The smallest absolute Gasteiger partial charge is 0.336 e. The number of aromatic carboxylic acids is 1. The Morgan fingerprint density at radius 3 is 2.30 bits per heavy atom. The van der Waals surface area contributed by atoms with Gasteiger partial charge in [-0.15, -0.1) is 0 Å². The van der Waals surface area contributed by atoms with E-state index in [4.69, 9.17) is 9.47 Å². The van der Waals surface area contributed by atoms with Crippen LogP contribution >= 0.6 is 0 Å². The molecule has 4 rings (SSSR count). The zero-order valence-electron chi connectivity index (χ0n) is 18.7. The van der Waals surface area contributed by atoms with Crippen LogP contribution in [0.1, 0.15) is 45.7 Å². The van der Waals surface area contributed by atoms with Crippen LogP contribution < -0.4 is 14.4 Å². The maximum atomic E-state index is 13.6. The summed E-state index contributed by atoms with van der Waals surface area (Å²) in [7, 11) is 1.57. The van der Waals surface area contributed by atoms with E-state index >= 15 is 0 Å². The standard InChI is InChI=1S/C27H25NO5/c1-27(2)16-15-18-13-14-19(23(32-3)24(18)33-27)17-28(20-9-5-4-6-10-20)25(29)21-11-7-8-12-22(21)26(30)31/h4-16H,17H2,1-3H3,(H,30,31). The second-order valence-corrected chi connectivity index (χ2v) is 8.29. The van der Waals surface area contributed by atoms with Crippen molar-refractivity contribution in [3.05, 3.63) is 95.1 Å². The molecule has 0 aromatic heterocycles. The normalized spacial score (nSPS) is 13.5. The molecule has 0 saturated heterocycles. The molecule has 0 atom stereocenters. The van der Waals surface area contributed by atoms with Gasteiger partial charge in [0.1, 0.15) is 5.60 Å². The third kappa shape index (κ3) is 4.46. The van der Waals surface area contributed by atoms with Gasteiger partial charge in [0, 0.05) is 16.8 Å². The number of rotatable bonds is 6. The Balaban J connectivity index is 1.80. The Kier molecular flexibility index (Phi) is 5.92. The molecule has 3 aromatic carbocycles. The van der Waals surface area contributed by atoms with E-state index in [0.717, 1.165) is 11.1 Å². The first kappa shape index (κ1) is 22.1. The van der Waals surface area contributed by atoms with Crippen molar-refractivity contribution in [3.63, 3.8) is 0 Å². The molecule has 168 valence electrons. The van der Waals surface area contributed by atoms with Gasteiger partial charge in [-0.2, -0.15) is 0 Å².